The van der Waals surface area contributed by atoms with Gasteiger partial charge >= 0.3 is 12.1 Å². The highest BCUT2D eigenvalue weighted by Crippen LogP contribution is 2.48. The second-order valence-electron chi connectivity index (χ2n) is 5.87. The number of rotatable bonds is 3. The van der Waals surface area contributed by atoms with E-state index in [1.807, 2.05) is 5.48 Å². The summed E-state index contributed by atoms with van der Waals surface area (Å²) < 4.78 is 55.8. The van der Waals surface area contributed by atoms with Crippen LogP contribution >= 0.6 is 23.2 Å². The Balaban J connectivity index is 2.04. The molecule has 0 aromatic heterocycles. The van der Waals surface area contributed by atoms with Crippen LogP contribution in [0.4, 0.5) is 23.2 Å². The number of nitrogens with zero attached hydrogens (tertiary/aromatic N) is 1. The van der Waals surface area contributed by atoms with Crippen LogP contribution in [-0.4, -0.2) is 23.1 Å². The van der Waals surface area contributed by atoms with E-state index in [1.54, 1.807) is 0 Å². The Kier molecular flexibility index (Phi) is 5.26. The monoisotopic (exact) mass is 436 g/mol. The first-order valence-corrected chi connectivity index (χ1v) is 8.36. The van der Waals surface area contributed by atoms with Gasteiger partial charge in [-0.3, -0.25) is 10.3 Å². The zero-order valence-electron chi connectivity index (χ0n) is 13.6. The number of alkyl halides is 3. The van der Waals surface area contributed by atoms with Crippen molar-refractivity contribution < 1.29 is 32.3 Å². The van der Waals surface area contributed by atoms with Crippen LogP contribution in [0.1, 0.15) is 22.3 Å². The molecule has 3 rings (SSSR count). The van der Waals surface area contributed by atoms with Crippen molar-refractivity contribution in [3.63, 3.8) is 0 Å². The number of halogens is 6. The average Bonchev–Trinajstić information content (AvgIpc) is 3.01. The molecule has 0 aliphatic carbocycles. The Morgan fingerprint density at radius 2 is 1.86 bits per heavy atom. The lowest BCUT2D eigenvalue weighted by Gasteiger charge is -2.29. The first-order chi connectivity index (χ1) is 13.0. The number of benzene rings is 2. The fourth-order valence-electron chi connectivity index (χ4n) is 2.70. The highest BCUT2D eigenvalue weighted by atomic mass is 35.5. The normalized spacial score (nSPS) is 21.0. The van der Waals surface area contributed by atoms with Crippen LogP contribution in [0.3, 0.4) is 0 Å². The molecule has 28 heavy (non-hydrogen) atoms. The minimum atomic E-state index is -4.90. The molecule has 1 aliphatic heterocycles. The predicted molar refractivity (Wildman–Crippen MR) is 93.5 cm³/mol. The molecule has 1 saturated heterocycles. The van der Waals surface area contributed by atoms with Gasteiger partial charge in [-0.1, -0.05) is 29.3 Å². The number of hydroxylamine groups is 1. The fraction of sp³-hybridized carbons (Fsp3) is 0.176. The highest BCUT2D eigenvalue weighted by molar-refractivity contribution is 6.34. The standard InChI is InChI=1S/C17H10Cl2F4N2O3/c18-9-4-8(5-10(19)6-9)16(17(21,22)23)7-13(25-28-16)24-12-3-1-2-11(14(12)20)15(26)27/h1-6H,7H2,(H,24,25)(H,26,27). The van der Waals surface area contributed by atoms with Crippen LogP contribution in [-0.2, 0) is 10.4 Å². The van der Waals surface area contributed by atoms with E-state index in [0.717, 1.165) is 24.3 Å². The van der Waals surface area contributed by atoms with E-state index in [-0.39, 0.29) is 21.4 Å². The summed E-state index contributed by atoms with van der Waals surface area (Å²) >= 11 is 11.6. The molecule has 0 spiro atoms. The fourth-order valence-corrected chi connectivity index (χ4v) is 3.23. The van der Waals surface area contributed by atoms with Gasteiger partial charge in [0, 0.05) is 10.0 Å². The Morgan fingerprint density at radius 1 is 1.21 bits per heavy atom. The summed E-state index contributed by atoms with van der Waals surface area (Å²) in [6.07, 6.45) is -5.73. The molecule has 1 fully saturated rings. The zero-order valence-corrected chi connectivity index (χ0v) is 15.2. The molecule has 0 amide bonds. The van der Waals surface area contributed by atoms with Crippen molar-refractivity contribution in [2.45, 2.75) is 18.2 Å². The Morgan fingerprint density at radius 3 is 2.43 bits per heavy atom. The number of aliphatic imine (C=N–C) groups is 1. The largest absolute Gasteiger partial charge is 0.478 e. The highest BCUT2D eigenvalue weighted by Gasteiger charge is 2.62. The lowest BCUT2D eigenvalue weighted by molar-refractivity contribution is -0.282. The minimum Gasteiger partial charge on any atom is -0.478 e. The van der Waals surface area contributed by atoms with Gasteiger partial charge in [0.05, 0.1) is 12.0 Å². The number of hydrogen-bond acceptors (Lipinski definition) is 3. The van der Waals surface area contributed by atoms with E-state index < -0.39 is 41.2 Å². The van der Waals surface area contributed by atoms with Gasteiger partial charge in [0.15, 0.2) is 5.82 Å². The third-order valence-corrected chi connectivity index (χ3v) is 4.45. The summed E-state index contributed by atoms with van der Waals surface area (Å²) in [6, 6.07) is 6.72. The first-order valence-electron chi connectivity index (χ1n) is 7.60. The van der Waals surface area contributed by atoms with Gasteiger partial charge in [-0.15, -0.1) is 0 Å². The van der Waals surface area contributed by atoms with Crippen LogP contribution in [0.5, 0.6) is 0 Å². The summed E-state index contributed by atoms with van der Waals surface area (Å²) in [5.41, 5.74) is -2.29. The number of carbonyl (C=O) groups is 1. The van der Waals surface area contributed by atoms with Crippen LogP contribution in [0.2, 0.25) is 10.0 Å². The van der Waals surface area contributed by atoms with Gasteiger partial charge in [0.25, 0.3) is 0 Å². The molecular weight excluding hydrogens is 427 g/mol. The maximum atomic E-state index is 14.2. The summed E-state index contributed by atoms with van der Waals surface area (Å²) in [6.45, 7) is 0. The molecule has 1 atom stereocenters. The molecule has 2 aromatic rings. The molecule has 11 heteroatoms. The topological polar surface area (TPSA) is 70.9 Å². The molecule has 5 nitrogen and oxygen atoms in total. The number of hydrogen-bond donors (Lipinski definition) is 2. The van der Waals surface area contributed by atoms with Crippen molar-refractivity contribution >= 4 is 40.7 Å². The smallest absolute Gasteiger partial charge is 0.424 e. The van der Waals surface area contributed by atoms with Crippen LogP contribution in [0.25, 0.3) is 0 Å². The third-order valence-electron chi connectivity index (χ3n) is 4.01. The molecule has 1 aliphatic rings. The van der Waals surface area contributed by atoms with Gasteiger partial charge in [0.1, 0.15) is 11.5 Å². The van der Waals surface area contributed by atoms with Crippen LogP contribution in [0, 0.1) is 5.82 Å². The van der Waals surface area contributed by atoms with Gasteiger partial charge < -0.3 is 5.11 Å². The van der Waals surface area contributed by atoms with Crippen molar-refractivity contribution in [1.29, 1.82) is 0 Å². The van der Waals surface area contributed by atoms with E-state index in [2.05, 4.69) is 4.99 Å². The van der Waals surface area contributed by atoms with E-state index in [4.69, 9.17) is 33.1 Å². The number of amidine groups is 1. The van der Waals surface area contributed by atoms with Crippen molar-refractivity contribution in [3.05, 3.63) is 63.4 Å². The van der Waals surface area contributed by atoms with Gasteiger partial charge in [-0.05, 0) is 35.9 Å². The molecule has 0 bridgehead atoms. The minimum absolute atomic E-state index is 0.0275. The van der Waals surface area contributed by atoms with Gasteiger partial charge in [-0.25, -0.2) is 14.2 Å². The molecule has 148 valence electrons. The molecule has 0 saturated carbocycles. The van der Waals surface area contributed by atoms with Crippen LogP contribution < -0.4 is 5.48 Å². The lowest BCUT2D eigenvalue weighted by atomic mass is 9.90. The summed E-state index contributed by atoms with van der Waals surface area (Å²) in [4.78, 5) is 19.6. The van der Waals surface area contributed by atoms with E-state index >= 15 is 0 Å². The van der Waals surface area contributed by atoms with E-state index in [0.29, 0.717) is 0 Å². The molecule has 2 N–H and O–H groups in total. The molecular formula is C17H10Cl2F4N2O3. The number of aromatic carboxylic acids is 1. The average molecular weight is 437 g/mol. The Hall–Kier alpha value is -2.36. The maximum Gasteiger partial charge on any atom is 0.424 e. The number of nitrogens with one attached hydrogen (secondary N) is 1. The Bertz CT molecular complexity index is 961. The van der Waals surface area contributed by atoms with Crippen LogP contribution in [0.15, 0.2) is 41.4 Å². The van der Waals surface area contributed by atoms with E-state index in [9.17, 15) is 22.4 Å². The van der Waals surface area contributed by atoms with Crippen molar-refractivity contribution in [2.24, 2.45) is 4.99 Å². The lowest BCUT2D eigenvalue weighted by Crippen LogP contribution is -2.42. The molecule has 0 radical (unpaired) electrons. The zero-order chi connectivity index (χ0) is 20.7. The van der Waals surface area contributed by atoms with Gasteiger partial charge in [-0.2, -0.15) is 13.2 Å². The quantitative estimate of drug-likeness (QED) is 0.645. The number of carboxylic acids is 1. The summed E-state index contributed by atoms with van der Waals surface area (Å²) in [5, 5.41) is 8.88. The first kappa shape index (κ1) is 20.4. The van der Waals surface area contributed by atoms with Gasteiger partial charge in [0.2, 0.25) is 5.60 Å². The second-order valence-corrected chi connectivity index (χ2v) is 6.74. The Labute approximate surface area is 165 Å². The summed E-state index contributed by atoms with van der Waals surface area (Å²) in [7, 11) is 0. The molecule has 2 aromatic carbocycles. The predicted octanol–water partition coefficient (Wildman–Crippen LogP) is 5.24. The van der Waals surface area contributed by atoms with Crippen molar-refractivity contribution in [2.75, 3.05) is 0 Å². The molecule has 1 heterocycles. The van der Waals surface area contributed by atoms with E-state index in [1.165, 1.54) is 12.1 Å². The molecule has 1 unspecified atom stereocenters. The van der Waals surface area contributed by atoms with Crippen molar-refractivity contribution in [3.8, 4) is 0 Å². The maximum absolute atomic E-state index is 14.2. The SMILES string of the molecule is O=C(O)c1cccc(N=C2CC(c3cc(Cl)cc(Cl)c3)(C(F)(F)F)ON2)c1F. The third kappa shape index (κ3) is 3.65. The second kappa shape index (κ2) is 7.23. The van der Waals surface area contributed by atoms with Crippen molar-refractivity contribution in [1.82, 2.24) is 5.48 Å². The number of carboxylic acid groups (broad SMARTS) is 1. The summed E-state index contributed by atoms with van der Waals surface area (Å²) in [5.74, 6) is -3.07.